The van der Waals surface area contributed by atoms with Gasteiger partial charge in [0.2, 0.25) is 11.8 Å². The number of carbonyl (C=O) groups is 2. The Morgan fingerprint density at radius 3 is 1.92 bits per heavy atom. The molecule has 0 aromatic heterocycles. The molecule has 2 saturated heterocycles. The molecule has 3 aromatic rings. The Kier molecular flexibility index (Phi) is 7.49. The maximum Gasteiger partial charge on any atom is 0.228 e. The highest BCUT2D eigenvalue weighted by molar-refractivity contribution is 5.97. The molecule has 2 fully saturated rings. The summed E-state index contributed by atoms with van der Waals surface area (Å²) in [6.07, 6.45) is 0.782. The molecule has 2 heterocycles. The molecule has 0 N–H and O–H groups in total. The van der Waals surface area contributed by atoms with Crippen molar-refractivity contribution >= 4 is 23.2 Å². The molecule has 0 radical (unpaired) electrons. The Hall–Kier alpha value is -4.07. The molecule has 0 bridgehead atoms. The molecule has 0 saturated carbocycles. The Balaban J connectivity index is 1.41. The summed E-state index contributed by atoms with van der Waals surface area (Å²) in [6, 6.07) is 21.0. The van der Waals surface area contributed by atoms with Crippen LogP contribution in [0.1, 0.15) is 24.4 Å². The highest BCUT2D eigenvalue weighted by atomic mass is 19.1. The molecule has 2 aliphatic heterocycles. The first kappa shape index (κ1) is 25.6. The van der Waals surface area contributed by atoms with E-state index >= 15 is 0 Å². The highest BCUT2D eigenvalue weighted by Gasteiger charge is 2.43. The van der Waals surface area contributed by atoms with Gasteiger partial charge in [-0.2, -0.15) is 0 Å². The summed E-state index contributed by atoms with van der Waals surface area (Å²) in [6.45, 7) is 2.47. The Labute approximate surface area is 222 Å². The van der Waals surface area contributed by atoms with Gasteiger partial charge in [-0.3, -0.25) is 9.59 Å². The summed E-state index contributed by atoms with van der Waals surface area (Å²) in [5.74, 6) is 0.801. The molecular weight excluding hydrogens is 485 g/mol. The molecule has 8 heteroatoms. The molecule has 5 rings (SSSR count). The Morgan fingerprint density at radius 1 is 0.789 bits per heavy atom. The van der Waals surface area contributed by atoms with Gasteiger partial charge in [0.25, 0.3) is 0 Å². The summed E-state index contributed by atoms with van der Waals surface area (Å²) in [5.41, 5.74) is 2.57. The number of benzene rings is 3. The lowest BCUT2D eigenvalue weighted by atomic mass is 9.82. The van der Waals surface area contributed by atoms with Crippen LogP contribution in [0.25, 0.3) is 0 Å². The van der Waals surface area contributed by atoms with E-state index < -0.39 is 6.04 Å². The SMILES string of the molecule is COc1ccc(C2C(C(=O)N3CCN(c4ccc(F)cc4)CC3)CCC(=O)N2c2ccc(OC)cc2)cc1. The van der Waals surface area contributed by atoms with E-state index in [4.69, 9.17) is 9.47 Å². The number of rotatable bonds is 6. The van der Waals surface area contributed by atoms with Crippen molar-refractivity contribution in [1.82, 2.24) is 4.90 Å². The van der Waals surface area contributed by atoms with Crippen molar-refractivity contribution in [2.75, 3.05) is 50.2 Å². The molecule has 3 aromatic carbocycles. The third kappa shape index (κ3) is 5.16. The third-order valence-electron chi connectivity index (χ3n) is 7.51. The normalized spacial score (nSPS) is 19.9. The monoisotopic (exact) mass is 517 g/mol. The summed E-state index contributed by atoms with van der Waals surface area (Å²) in [5, 5.41) is 0. The molecule has 2 atom stereocenters. The van der Waals surface area contributed by atoms with Crippen LogP contribution in [0.4, 0.5) is 15.8 Å². The Bertz CT molecular complexity index is 1260. The van der Waals surface area contributed by atoms with Crippen LogP contribution in [0.3, 0.4) is 0 Å². The minimum absolute atomic E-state index is 0.0128. The first-order chi connectivity index (χ1) is 18.5. The maximum absolute atomic E-state index is 14.0. The lowest BCUT2D eigenvalue weighted by molar-refractivity contribution is -0.138. The average molecular weight is 518 g/mol. The van der Waals surface area contributed by atoms with Gasteiger partial charge >= 0.3 is 0 Å². The lowest BCUT2D eigenvalue weighted by Gasteiger charge is -2.44. The summed E-state index contributed by atoms with van der Waals surface area (Å²) < 4.78 is 24.0. The van der Waals surface area contributed by atoms with Gasteiger partial charge < -0.3 is 24.2 Å². The van der Waals surface area contributed by atoms with Crippen molar-refractivity contribution in [3.8, 4) is 11.5 Å². The first-order valence-corrected chi connectivity index (χ1v) is 12.9. The molecule has 2 amide bonds. The number of amides is 2. The summed E-state index contributed by atoms with van der Waals surface area (Å²) >= 11 is 0. The van der Waals surface area contributed by atoms with E-state index in [1.54, 1.807) is 31.3 Å². The fourth-order valence-electron chi connectivity index (χ4n) is 5.45. The fourth-order valence-corrected chi connectivity index (χ4v) is 5.45. The fraction of sp³-hybridized carbons (Fsp3) is 0.333. The van der Waals surface area contributed by atoms with Crippen LogP contribution < -0.4 is 19.3 Å². The van der Waals surface area contributed by atoms with Crippen molar-refractivity contribution in [2.24, 2.45) is 5.92 Å². The number of halogens is 1. The van der Waals surface area contributed by atoms with Gasteiger partial charge in [0, 0.05) is 44.0 Å². The van der Waals surface area contributed by atoms with Gasteiger partial charge in [-0.05, 0) is 72.6 Å². The quantitative estimate of drug-likeness (QED) is 0.475. The number of piperidine rings is 1. The molecule has 0 spiro atoms. The predicted molar refractivity (Wildman–Crippen MR) is 144 cm³/mol. The van der Waals surface area contributed by atoms with Crippen molar-refractivity contribution in [2.45, 2.75) is 18.9 Å². The predicted octanol–water partition coefficient (Wildman–Crippen LogP) is 4.68. The van der Waals surface area contributed by atoms with Gasteiger partial charge in [-0.25, -0.2) is 4.39 Å². The van der Waals surface area contributed by atoms with Crippen LogP contribution in [0.5, 0.6) is 11.5 Å². The zero-order valence-corrected chi connectivity index (χ0v) is 21.7. The number of anilines is 2. The van der Waals surface area contributed by atoms with Gasteiger partial charge in [-0.1, -0.05) is 12.1 Å². The van der Waals surface area contributed by atoms with E-state index in [0.29, 0.717) is 50.5 Å². The van der Waals surface area contributed by atoms with Crippen molar-refractivity contribution in [3.05, 3.63) is 84.2 Å². The van der Waals surface area contributed by atoms with E-state index in [1.807, 2.05) is 53.4 Å². The minimum Gasteiger partial charge on any atom is -0.497 e. The first-order valence-electron chi connectivity index (χ1n) is 12.9. The Morgan fingerprint density at radius 2 is 1.34 bits per heavy atom. The number of methoxy groups -OCH3 is 2. The third-order valence-corrected chi connectivity index (χ3v) is 7.51. The number of carbonyl (C=O) groups excluding carboxylic acids is 2. The minimum atomic E-state index is -0.446. The van der Waals surface area contributed by atoms with Crippen LogP contribution in [-0.4, -0.2) is 57.1 Å². The second-order valence-electron chi connectivity index (χ2n) is 9.61. The van der Waals surface area contributed by atoms with Crippen LogP contribution in [0.15, 0.2) is 72.8 Å². The second-order valence-corrected chi connectivity index (χ2v) is 9.61. The van der Waals surface area contributed by atoms with Gasteiger partial charge in [0.15, 0.2) is 0 Å². The van der Waals surface area contributed by atoms with Crippen molar-refractivity contribution in [3.63, 3.8) is 0 Å². The van der Waals surface area contributed by atoms with E-state index in [2.05, 4.69) is 4.90 Å². The summed E-state index contributed by atoms with van der Waals surface area (Å²) in [7, 11) is 3.21. The van der Waals surface area contributed by atoms with Crippen LogP contribution >= 0.6 is 0 Å². The standard InChI is InChI=1S/C30H32FN3O4/c1-37-25-11-3-21(4-12-25)29-27(15-16-28(35)34(29)24-9-13-26(38-2)14-10-24)30(36)33-19-17-32(18-20-33)23-7-5-22(31)6-8-23/h3-14,27,29H,15-20H2,1-2H3. The van der Waals surface area contributed by atoms with Gasteiger partial charge in [0.1, 0.15) is 17.3 Å². The number of hydrogen-bond acceptors (Lipinski definition) is 5. The zero-order valence-electron chi connectivity index (χ0n) is 21.7. The summed E-state index contributed by atoms with van der Waals surface area (Å²) in [4.78, 5) is 33.2. The number of hydrogen-bond donors (Lipinski definition) is 0. The topological polar surface area (TPSA) is 62.3 Å². The van der Waals surface area contributed by atoms with Gasteiger partial charge in [-0.15, -0.1) is 0 Å². The van der Waals surface area contributed by atoms with E-state index in [-0.39, 0.29) is 23.5 Å². The molecule has 2 aliphatic rings. The van der Waals surface area contributed by atoms with E-state index in [0.717, 1.165) is 16.9 Å². The number of piperazine rings is 1. The van der Waals surface area contributed by atoms with Crippen molar-refractivity contribution in [1.29, 1.82) is 0 Å². The highest BCUT2D eigenvalue weighted by Crippen LogP contribution is 2.41. The molecule has 7 nitrogen and oxygen atoms in total. The number of nitrogens with zero attached hydrogens (tertiary/aromatic N) is 3. The molecule has 2 unspecified atom stereocenters. The molecule has 0 aliphatic carbocycles. The van der Waals surface area contributed by atoms with Crippen LogP contribution in [0, 0.1) is 11.7 Å². The van der Waals surface area contributed by atoms with Gasteiger partial charge in [0.05, 0.1) is 26.2 Å². The van der Waals surface area contributed by atoms with E-state index in [1.165, 1.54) is 12.1 Å². The molecule has 198 valence electrons. The zero-order chi connectivity index (χ0) is 26.6. The van der Waals surface area contributed by atoms with Crippen molar-refractivity contribution < 1.29 is 23.5 Å². The van der Waals surface area contributed by atoms with E-state index in [9.17, 15) is 14.0 Å². The lowest BCUT2D eigenvalue weighted by Crippen LogP contribution is -2.54. The smallest absolute Gasteiger partial charge is 0.228 e. The largest absolute Gasteiger partial charge is 0.497 e. The average Bonchev–Trinajstić information content (AvgIpc) is 2.97. The maximum atomic E-state index is 14.0. The van der Waals surface area contributed by atoms with Crippen LogP contribution in [-0.2, 0) is 9.59 Å². The number of ether oxygens (including phenoxy) is 2. The molecule has 38 heavy (non-hydrogen) atoms. The second kappa shape index (κ2) is 11.1. The van der Waals surface area contributed by atoms with Crippen LogP contribution in [0.2, 0.25) is 0 Å². The molecular formula is C30H32FN3O4.